The highest BCUT2D eigenvalue weighted by atomic mass is 15.3. The van der Waals surface area contributed by atoms with Crippen molar-refractivity contribution >= 4 is 50.6 Å². The molecular weight excluding hydrogens is 709 g/mol. The average molecular weight is 757 g/mol. The molecule has 6 heteroatoms. The van der Waals surface area contributed by atoms with Gasteiger partial charge >= 0.3 is 0 Å². The third kappa shape index (κ3) is 6.87. The SMILES string of the molecule is C=C/C=C\C=CC1=NC(c2ccc(-n3c(/C=C\C)c(-c4cccc5c6ccccc6n(-c6ccccc6)c45)c4cccnc43)cc2)N(C)C(C2=CC=CCC2)=N1.CC. The van der Waals surface area contributed by atoms with Crippen LogP contribution in [0.15, 0.2) is 192 Å². The number of benzene rings is 4. The van der Waals surface area contributed by atoms with E-state index in [1.54, 1.807) is 6.08 Å². The second kappa shape index (κ2) is 17.0. The van der Waals surface area contributed by atoms with Crippen LogP contribution >= 0.6 is 0 Å². The number of allylic oxidation sites excluding steroid dienone is 8. The molecule has 2 aliphatic rings. The van der Waals surface area contributed by atoms with Crippen molar-refractivity contribution in [2.45, 2.75) is 39.8 Å². The molecule has 7 aromatic rings. The van der Waals surface area contributed by atoms with Crippen molar-refractivity contribution in [1.29, 1.82) is 0 Å². The molecule has 0 fully saturated rings. The summed E-state index contributed by atoms with van der Waals surface area (Å²) in [5.41, 5.74) is 11.1. The molecule has 4 aromatic carbocycles. The lowest BCUT2D eigenvalue weighted by Crippen LogP contribution is -2.35. The van der Waals surface area contributed by atoms with Gasteiger partial charge < -0.3 is 9.47 Å². The number of hydrogen-bond donors (Lipinski definition) is 0. The summed E-state index contributed by atoms with van der Waals surface area (Å²) in [7, 11) is 2.09. The number of fused-ring (bicyclic) bond motifs is 4. The van der Waals surface area contributed by atoms with Gasteiger partial charge in [0, 0.05) is 51.9 Å². The Morgan fingerprint density at radius 1 is 0.741 bits per heavy atom. The second-order valence-electron chi connectivity index (χ2n) is 14.0. The maximum atomic E-state index is 5.13. The van der Waals surface area contributed by atoms with Crippen LogP contribution in [0.4, 0.5) is 0 Å². The van der Waals surface area contributed by atoms with Crippen LogP contribution in [0, 0.1) is 0 Å². The number of nitrogens with zero attached hydrogens (tertiary/aromatic N) is 6. The first kappa shape index (κ1) is 37.9. The monoisotopic (exact) mass is 756 g/mol. The smallest absolute Gasteiger partial charge is 0.152 e. The van der Waals surface area contributed by atoms with E-state index in [1.165, 1.54) is 27.4 Å². The van der Waals surface area contributed by atoms with Crippen molar-refractivity contribution in [3.8, 4) is 22.5 Å². The standard InChI is InChI=1S/C50H42N6.C2H6/c1-4-6-7-14-29-45-52-48(35-20-10-8-11-21-35)54(3)49(53-45)36-30-32-38(33-31-36)56-44(19-5-2)46(42-27-18-34-51-50(42)56)41-26-17-25-40-39-24-15-16-28-43(39)55(47(40)41)37-22-12-9-13-23-37;1-2/h4-10,12-20,22-34,49H,1,11,21H2,2-3H3;1-2H3/b7-6-,19-5-,29-14?;. The Labute approximate surface area is 341 Å². The summed E-state index contributed by atoms with van der Waals surface area (Å²) in [4.78, 5) is 17.4. The maximum Gasteiger partial charge on any atom is 0.152 e. The van der Waals surface area contributed by atoms with Gasteiger partial charge in [-0.15, -0.1) is 0 Å². The third-order valence-electron chi connectivity index (χ3n) is 10.6. The van der Waals surface area contributed by atoms with Crippen LogP contribution in [0.25, 0.3) is 61.4 Å². The number of amidine groups is 2. The molecule has 4 heterocycles. The largest absolute Gasteiger partial charge is 0.334 e. The summed E-state index contributed by atoms with van der Waals surface area (Å²) < 4.78 is 4.70. The van der Waals surface area contributed by atoms with E-state index in [4.69, 9.17) is 15.0 Å². The van der Waals surface area contributed by atoms with E-state index in [0.29, 0.717) is 5.84 Å². The van der Waals surface area contributed by atoms with Crippen LogP contribution < -0.4 is 0 Å². The molecule has 1 atom stereocenters. The Morgan fingerprint density at radius 2 is 1.50 bits per heavy atom. The number of hydrogen-bond acceptors (Lipinski definition) is 4. The van der Waals surface area contributed by atoms with Crippen LogP contribution in [0.1, 0.15) is 51.0 Å². The first-order chi connectivity index (χ1) is 28.7. The molecule has 3 aromatic heterocycles. The molecule has 0 bridgehead atoms. The average Bonchev–Trinajstić information content (AvgIpc) is 3.80. The van der Waals surface area contributed by atoms with E-state index >= 15 is 0 Å². The van der Waals surface area contributed by atoms with E-state index in [1.807, 2.05) is 50.4 Å². The van der Waals surface area contributed by atoms with Crippen LogP contribution in [-0.2, 0) is 0 Å². The van der Waals surface area contributed by atoms with Gasteiger partial charge in [-0.3, -0.25) is 4.57 Å². The highest BCUT2D eigenvalue weighted by Gasteiger charge is 2.28. The lowest BCUT2D eigenvalue weighted by Gasteiger charge is -2.33. The quantitative estimate of drug-likeness (QED) is 0.138. The highest BCUT2D eigenvalue weighted by molar-refractivity contribution is 6.17. The summed E-state index contributed by atoms with van der Waals surface area (Å²) in [5.74, 6) is 1.65. The van der Waals surface area contributed by atoms with E-state index in [2.05, 4.69) is 168 Å². The first-order valence-electron chi connectivity index (χ1n) is 20.2. The zero-order valence-corrected chi connectivity index (χ0v) is 33.6. The molecule has 58 heavy (non-hydrogen) atoms. The fourth-order valence-corrected chi connectivity index (χ4v) is 8.15. The van der Waals surface area contributed by atoms with E-state index in [9.17, 15) is 0 Å². The number of pyridine rings is 1. The Bertz CT molecular complexity index is 2840. The predicted molar refractivity (Wildman–Crippen MR) is 247 cm³/mol. The van der Waals surface area contributed by atoms with Gasteiger partial charge in [0.05, 0.1) is 16.7 Å². The van der Waals surface area contributed by atoms with Crippen LogP contribution in [0.2, 0.25) is 0 Å². The van der Waals surface area contributed by atoms with Crippen molar-refractivity contribution < 1.29 is 0 Å². The van der Waals surface area contributed by atoms with Crippen LogP contribution in [-0.4, -0.2) is 37.7 Å². The van der Waals surface area contributed by atoms with Gasteiger partial charge in [0.1, 0.15) is 17.6 Å². The molecular formula is C52H48N6. The van der Waals surface area contributed by atoms with Gasteiger partial charge in [0.2, 0.25) is 0 Å². The van der Waals surface area contributed by atoms with Crippen LogP contribution in [0.5, 0.6) is 0 Å². The summed E-state index contributed by atoms with van der Waals surface area (Å²) in [6.07, 6.45) is 24.0. The second-order valence-corrected chi connectivity index (χ2v) is 14.0. The topological polar surface area (TPSA) is 50.7 Å². The molecule has 0 saturated carbocycles. The van der Waals surface area contributed by atoms with Gasteiger partial charge in [-0.25, -0.2) is 15.0 Å². The molecule has 0 radical (unpaired) electrons. The normalized spacial score (nSPS) is 15.7. The van der Waals surface area contributed by atoms with Crippen molar-refractivity contribution in [1.82, 2.24) is 19.0 Å². The summed E-state index contributed by atoms with van der Waals surface area (Å²) in [5, 5.41) is 3.54. The summed E-state index contributed by atoms with van der Waals surface area (Å²) in [6, 6.07) is 39.1. The van der Waals surface area contributed by atoms with Gasteiger partial charge in [-0.05, 0) is 85.5 Å². The Balaban J connectivity index is 0.00000231. The zero-order valence-electron chi connectivity index (χ0n) is 33.6. The highest BCUT2D eigenvalue weighted by Crippen LogP contribution is 2.44. The molecule has 1 aliphatic heterocycles. The Hall–Kier alpha value is -7.05. The minimum atomic E-state index is -0.242. The van der Waals surface area contributed by atoms with Crippen molar-refractivity contribution in [2.75, 3.05) is 7.05 Å². The predicted octanol–water partition coefficient (Wildman–Crippen LogP) is 13.2. The van der Waals surface area contributed by atoms with Crippen molar-refractivity contribution in [2.24, 2.45) is 9.98 Å². The van der Waals surface area contributed by atoms with Gasteiger partial charge in [0.15, 0.2) is 5.84 Å². The molecule has 0 N–H and O–H groups in total. The Kier molecular flexibility index (Phi) is 11.1. The van der Waals surface area contributed by atoms with E-state index < -0.39 is 0 Å². The molecule has 6 nitrogen and oxygen atoms in total. The third-order valence-corrected chi connectivity index (χ3v) is 10.6. The number of aliphatic imine (C=N–C) groups is 2. The van der Waals surface area contributed by atoms with Gasteiger partial charge in [0.25, 0.3) is 0 Å². The number of para-hydroxylation sites is 3. The maximum absolute atomic E-state index is 5.13. The molecule has 1 aliphatic carbocycles. The number of aromatic nitrogens is 3. The summed E-state index contributed by atoms with van der Waals surface area (Å²) in [6.45, 7) is 9.86. The zero-order chi connectivity index (χ0) is 40.0. The molecule has 0 amide bonds. The first-order valence-corrected chi connectivity index (χ1v) is 20.2. The molecule has 286 valence electrons. The van der Waals surface area contributed by atoms with Crippen molar-refractivity contribution in [3.63, 3.8) is 0 Å². The minimum absolute atomic E-state index is 0.242. The number of likely N-dealkylation sites (N-methyl/N-ethyl adjacent to an activating group) is 1. The molecule has 9 rings (SSSR count). The minimum Gasteiger partial charge on any atom is -0.334 e. The molecule has 0 saturated heterocycles. The van der Waals surface area contributed by atoms with E-state index in [-0.39, 0.29) is 6.17 Å². The van der Waals surface area contributed by atoms with Gasteiger partial charge in [-0.2, -0.15) is 0 Å². The fourth-order valence-electron chi connectivity index (χ4n) is 8.15. The Morgan fingerprint density at radius 3 is 2.28 bits per heavy atom. The molecule has 1 unspecified atom stereocenters. The summed E-state index contributed by atoms with van der Waals surface area (Å²) >= 11 is 0. The molecule has 0 spiro atoms. The van der Waals surface area contributed by atoms with Crippen molar-refractivity contribution in [3.05, 3.63) is 193 Å². The van der Waals surface area contributed by atoms with E-state index in [0.717, 1.165) is 63.5 Å². The van der Waals surface area contributed by atoms with Gasteiger partial charge in [-0.1, -0.05) is 136 Å². The lowest BCUT2D eigenvalue weighted by molar-refractivity contribution is 0.381. The van der Waals surface area contributed by atoms with Crippen LogP contribution in [0.3, 0.4) is 0 Å². The number of rotatable bonds is 9. The fraction of sp³-hybridized carbons (Fsp3) is 0.135. The lowest BCUT2D eigenvalue weighted by atomic mass is 9.99.